The molecule has 1 aromatic heterocycles. The molecule has 2 aromatic rings. The molecule has 0 aliphatic carbocycles. The molecule has 0 saturated carbocycles. The van der Waals surface area contributed by atoms with E-state index in [1.165, 1.54) is 30.1 Å². The van der Waals surface area contributed by atoms with Crippen LogP contribution in [0.5, 0.6) is 0 Å². The summed E-state index contributed by atoms with van der Waals surface area (Å²) in [6.45, 7) is 0. The topological polar surface area (TPSA) is 45.8 Å². The second-order valence-corrected chi connectivity index (χ2v) is 4.88. The zero-order valence-electron chi connectivity index (χ0n) is 9.32. The molecule has 2 rings (SSSR count). The molecule has 0 aliphatic heterocycles. The molecule has 94 valence electrons. The largest absolute Gasteiger partial charge is 0.310 e. The average Bonchev–Trinajstić information content (AvgIpc) is 2.38. The number of thioether (sulfide) groups is 1. The summed E-state index contributed by atoms with van der Waals surface area (Å²) in [5.41, 5.74) is 0.238. The van der Waals surface area contributed by atoms with Gasteiger partial charge in [0, 0.05) is 11.1 Å². The molecular formula is C12H10ClFN2OS. The van der Waals surface area contributed by atoms with Crippen molar-refractivity contribution in [1.29, 1.82) is 0 Å². The monoisotopic (exact) mass is 284 g/mol. The summed E-state index contributed by atoms with van der Waals surface area (Å²) < 4.78 is 12.7. The van der Waals surface area contributed by atoms with E-state index in [1.54, 1.807) is 12.1 Å². The maximum absolute atomic E-state index is 12.7. The Bertz CT molecular complexity index is 585. The predicted molar refractivity (Wildman–Crippen MR) is 70.4 cm³/mol. The second kappa shape index (κ2) is 6.02. The summed E-state index contributed by atoms with van der Waals surface area (Å²) in [6.07, 6.45) is 1.48. The molecule has 3 nitrogen and oxygen atoms in total. The summed E-state index contributed by atoms with van der Waals surface area (Å²) in [5.74, 6) is 0.970. The zero-order valence-corrected chi connectivity index (χ0v) is 10.9. The molecule has 1 heterocycles. The number of halogens is 2. The molecule has 0 aliphatic rings. The van der Waals surface area contributed by atoms with Crippen LogP contribution in [-0.4, -0.2) is 9.97 Å². The van der Waals surface area contributed by atoms with Gasteiger partial charge in [0.05, 0.1) is 17.2 Å². The van der Waals surface area contributed by atoms with E-state index in [2.05, 4.69) is 9.97 Å². The Morgan fingerprint density at radius 3 is 2.67 bits per heavy atom. The van der Waals surface area contributed by atoms with Crippen LogP contribution in [0.4, 0.5) is 4.39 Å². The van der Waals surface area contributed by atoms with Crippen LogP contribution < -0.4 is 5.56 Å². The van der Waals surface area contributed by atoms with Crippen molar-refractivity contribution in [1.82, 2.24) is 9.97 Å². The molecule has 0 bridgehead atoms. The molecule has 0 saturated heterocycles. The number of nitrogens with one attached hydrogen (secondary N) is 1. The SMILES string of the molecule is O=c1[nH]c(CSc2ccc(F)cc2)ncc1CCl. The lowest BCUT2D eigenvalue weighted by Crippen LogP contribution is -2.14. The van der Waals surface area contributed by atoms with E-state index in [-0.39, 0.29) is 17.3 Å². The number of aromatic nitrogens is 2. The predicted octanol–water partition coefficient (Wildman–Crippen LogP) is 2.94. The zero-order chi connectivity index (χ0) is 13.0. The van der Waals surface area contributed by atoms with Gasteiger partial charge in [0.15, 0.2) is 0 Å². The third kappa shape index (κ3) is 3.34. The van der Waals surface area contributed by atoms with E-state index in [4.69, 9.17) is 11.6 Å². The van der Waals surface area contributed by atoms with Crippen molar-refractivity contribution in [2.24, 2.45) is 0 Å². The highest BCUT2D eigenvalue weighted by Crippen LogP contribution is 2.20. The number of aromatic amines is 1. The van der Waals surface area contributed by atoms with Crippen LogP contribution in [0, 0.1) is 5.82 Å². The van der Waals surface area contributed by atoms with Gasteiger partial charge in [-0.1, -0.05) is 0 Å². The number of hydrogen-bond acceptors (Lipinski definition) is 3. The Kier molecular flexibility index (Phi) is 4.38. The lowest BCUT2D eigenvalue weighted by Gasteiger charge is -2.02. The summed E-state index contributed by atoms with van der Waals surface area (Å²) in [5, 5.41) is 0. The van der Waals surface area contributed by atoms with Gasteiger partial charge in [-0.2, -0.15) is 0 Å². The lowest BCUT2D eigenvalue weighted by molar-refractivity contribution is 0.626. The first-order chi connectivity index (χ1) is 8.69. The minimum atomic E-state index is -0.266. The fourth-order valence-corrected chi connectivity index (χ4v) is 2.28. The third-order valence-corrected chi connectivity index (χ3v) is 3.57. The Balaban J connectivity index is 2.04. The Morgan fingerprint density at radius 1 is 1.33 bits per heavy atom. The van der Waals surface area contributed by atoms with Crippen molar-refractivity contribution in [2.75, 3.05) is 0 Å². The normalized spacial score (nSPS) is 10.6. The molecular weight excluding hydrogens is 275 g/mol. The van der Waals surface area contributed by atoms with E-state index >= 15 is 0 Å². The maximum atomic E-state index is 12.7. The van der Waals surface area contributed by atoms with Crippen molar-refractivity contribution in [3.8, 4) is 0 Å². The van der Waals surface area contributed by atoms with Gasteiger partial charge in [-0.15, -0.1) is 23.4 Å². The van der Waals surface area contributed by atoms with E-state index in [1.807, 2.05) is 0 Å². The fraction of sp³-hybridized carbons (Fsp3) is 0.167. The van der Waals surface area contributed by atoms with Crippen molar-refractivity contribution < 1.29 is 4.39 Å². The Morgan fingerprint density at radius 2 is 2.06 bits per heavy atom. The first-order valence-electron chi connectivity index (χ1n) is 5.20. The molecule has 0 unspecified atom stereocenters. The molecule has 0 fully saturated rings. The van der Waals surface area contributed by atoms with E-state index in [0.29, 0.717) is 17.1 Å². The van der Waals surface area contributed by atoms with Gasteiger partial charge in [-0.3, -0.25) is 4.79 Å². The summed E-state index contributed by atoms with van der Waals surface area (Å²) in [6, 6.07) is 6.17. The average molecular weight is 285 g/mol. The standard InChI is InChI=1S/C12H10ClFN2OS/c13-5-8-6-15-11(16-12(8)17)7-18-10-3-1-9(14)2-4-10/h1-4,6H,5,7H2,(H,15,16,17). The van der Waals surface area contributed by atoms with Crippen LogP contribution >= 0.6 is 23.4 Å². The van der Waals surface area contributed by atoms with Crippen LogP contribution in [0.1, 0.15) is 11.4 Å². The lowest BCUT2D eigenvalue weighted by atomic mass is 10.4. The molecule has 18 heavy (non-hydrogen) atoms. The van der Waals surface area contributed by atoms with Gasteiger partial charge in [-0.25, -0.2) is 9.37 Å². The number of H-pyrrole nitrogens is 1. The van der Waals surface area contributed by atoms with Gasteiger partial charge in [0.2, 0.25) is 0 Å². The Labute approximate surface area is 112 Å². The van der Waals surface area contributed by atoms with Crippen molar-refractivity contribution >= 4 is 23.4 Å². The number of benzene rings is 1. The van der Waals surface area contributed by atoms with Crippen molar-refractivity contribution in [3.63, 3.8) is 0 Å². The van der Waals surface area contributed by atoms with E-state index < -0.39 is 0 Å². The molecule has 0 radical (unpaired) electrons. The third-order valence-electron chi connectivity index (χ3n) is 2.26. The van der Waals surface area contributed by atoms with Gasteiger partial charge in [-0.05, 0) is 24.3 Å². The van der Waals surface area contributed by atoms with Crippen LogP contribution in [-0.2, 0) is 11.6 Å². The van der Waals surface area contributed by atoms with Gasteiger partial charge in [0.25, 0.3) is 5.56 Å². The van der Waals surface area contributed by atoms with Crippen molar-refractivity contribution in [2.45, 2.75) is 16.5 Å². The number of nitrogens with zero attached hydrogens (tertiary/aromatic N) is 1. The second-order valence-electron chi connectivity index (χ2n) is 3.56. The first kappa shape index (κ1) is 13.1. The number of alkyl halides is 1. The molecule has 0 amide bonds. The summed E-state index contributed by atoms with van der Waals surface area (Å²) >= 11 is 7.04. The minimum Gasteiger partial charge on any atom is -0.310 e. The van der Waals surface area contributed by atoms with Crippen LogP contribution in [0.25, 0.3) is 0 Å². The van der Waals surface area contributed by atoms with E-state index in [0.717, 1.165) is 4.90 Å². The summed E-state index contributed by atoms with van der Waals surface area (Å²) in [7, 11) is 0. The van der Waals surface area contributed by atoms with Crippen LogP contribution in [0.15, 0.2) is 40.2 Å². The fourth-order valence-electron chi connectivity index (χ4n) is 1.31. The molecule has 0 spiro atoms. The minimum absolute atomic E-state index is 0.147. The quantitative estimate of drug-likeness (QED) is 0.693. The highest BCUT2D eigenvalue weighted by atomic mass is 35.5. The molecule has 6 heteroatoms. The van der Waals surface area contributed by atoms with Gasteiger partial charge >= 0.3 is 0 Å². The smallest absolute Gasteiger partial charge is 0.255 e. The van der Waals surface area contributed by atoms with Crippen molar-refractivity contribution in [3.05, 3.63) is 58.0 Å². The van der Waals surface area contributed by atoms with E-state index in [9.17, 15) is 9.18 Å². The highest BCUT2D eigenvalue weighted by Gasteiger charge is 2.02. The highest BCUT2D eigenvalue weighted by molar-refractivity contribution is 7.98. The maximum Gasteiger partial charge on any atom is 0.255 e. The Hall–Kier alpha value is -1.33. The van der Waals surface area contributed by atoms with Crippen LogP contribution in [0.2, 0.25) is 0 Å². The molecule has 1 aromatic carbocycles. The number of hydrogen-bond donors (Lipinski definition) is 1. The molecule has 1 N–H and O–H groups in total. The van der Waals surface area contributed by atoms with Gasteiger partial charge in [0.1, 0.15) is 11.6 Å². The first-order valence-corrected chi connectivity index (χ1v) is 6.72. The number of rotatable bonds is 4. The summed E-state index contributed by atoms with van der Waals surface area (Å²) in [4.78, 5) is 19.2. The van der Waals surface area contributed by atoms with Gasteiger partial charge < -0.3 is 4.98 Å². The van der Waals surface area contributed by atoms with Crippen LogP contribution in [0.3, 0.4) is 0 Å². The molecule has 0 atom stereocenters.